The molecule has 2 aromatic rings. The zero-order chi connectivity index (χ0) is 18.0. The number of benzene rings is 2. The Hall–Kier alpha value is -2.49. The van der Waals surface area contributed by atoms with Gasteiger partial charge in [-0.25, -0.2) is 4.79 Å². The summed E-state index contributed by atoms with van der Waals surface area (Å²) in [5.41, 5.74) is 3.28. The van der Waals surface area contributed by atoms with Gasteiger partial charge < -0.3 is 16.0 Å². The smallest absolute Gasteiger partial charge is 0.319 e. The Morgan fingerprint density at radius 1 is 0.885 bits per heavy atom. The Bertz CT molecular complexity index is 664. The molecule has 0 unspecified atom stereocenters. The van der Waals surface area contributed by atoms with E-state index in [2.05, 4.69) is 40.2 Å². The highest BCUT2D eigenvalue weighted by molar-refractivity contribution is 5.89. The molecule has 0 saturated heterocycles. The molecule has 3 N–H and O–H groups in total. The monoisotopic (exact) mass is 351 g/mol. The van der Waals surface area contributed by atoms with Crippen LogP contribution in [0.4, 0.5) is 16.2 Å². The normalized spacial score (nSPS) is 14.6. The number of rotatable bonds is 7. The summed E-state index contributed by atoms with van der Waals surface area (Å²) in [6, 6.07) is 18.7. The van der Waals surface area contributed by atoms with Crippen LogP contribution in [0.1, 0.15) is 44.1 Å². The summed E-state index contributed by atoms with van der Waals surface area (Å²) in [4.78, 5) is 12.1. The minimum Gasteiger partial charge on any atom is -0.385 e. The summed E-state index contributed by atoms with van der Waals surface area (Å²) in [6.07, 6.45) is 8.09. The van der Waals surface area contributed by atoms with Crippen LogP contribution in [0.15, 0.2) is 54.6 Å². The number of aryl methyl sites for hydroxylation is 1. The van der Waals surface area contributed by atoms with E-state index in [-0.39, 0.29) is 6.03 Å². The number of carbonyl (C=O) groups is 1. The molecule has 2 aromatic carbocycles. The van der Waals surface area contributed by atoms with Crippen LogP contribution in [0.5, 0.6) is 0 Å². The van der Waals surface area contributed by atoms with Gasteiger partial charge in [0.25, 0.3) is 0 Å². The second-order valence-corrected chi connectivity index (χ2v) is 7.03. The maximum atomic E-state index is 12.1. The van der Waals surface area contributed by atoms with Crippen LogP contribution in [0, 0.1) is 0 Å². The molecule has 0 atom stereocenters. The third-order valence-corrected chi connectivity index (χ3v) is 4.90. The lowest BCUT2D eigenvalue weighted by molar-refractivity contribution is 0.244. The topological polar surface area (TPSA) is 53.2 Å². The molecule has 0 spiro atoms. The van der Waals surface area contributed by atoms with Crippen molar-refractivity contribution >= 4 is 17.4 Å². The Balaban J connectivity index is 1.36. The minimum absolute atomic E-state index is 0.0968. The van der Waals surface area contributed by atoms with E-state index in [4.69, 9.17) is 0 Å². The second kappa shape index (κ2) is 9.85. The summed E-state index contributed by atoms with van der Waals surface area (Å²) in [7, 11) is 0. The third kappa shape index (κ3) is 6.10. The van der Waals surface area contributed by atoms with Crippen LogP contribution in [-0.4, -0.2) is 18.6 Å². The van der Waals surface area contributed by atoms with Crippen molar-refractivity contribution in [3.8, 4) is 0 Å². The average molecular weight is 351 g/mol. The first-order valence-corrected chi connectivity index (χ1v) is 9.75. The fourth-order valence-corrected chi connectivity index (χ4v) is 3.44. The second-order valence-electron chi connectivity index (χ2n) is 7.03. The van der Waals surface area contributed by atoms with Crippen LogP contribution < -0.4 is 16.0 Å². The lowest BCUT2D eigenvalue weighted by Gasteiger charge is -2.22. The summed E-state index contributed by atoms with van der Waals surface area (Å²) in [5.74, 6) is 0. The fourth-order valence-electron chi connectivity index (χ4n) is 3.44. The number of anilines is 2. The molecule has 0 bridgehead atoms. The first kappa shape index (κ1) is 18.3. The molecule has 1 aliphatic rings. The van der Waals surface area contributed by atoms with Crippen LogP contribution in [0.2, 0.25) is 0 Å². The van der Waals surface area contributed by atoms with Crippen molar-refractivity contribution in [3.05, 3.63) is 60.2 Å². The molecule has 1 aliphatic carbocycles. The number of urea groups is 1. The molecule has 138 valence electrons. The average Bonchev–Trinajstić information content (AvgIpc) is 2.68. The molecule has 4 nitrogen and oxygen atoms in total. The van der Waals surface area contributed by atoms with E-state index in [1.807, 2.05) is 30.3 Å². The van der Waals surface area contributed by atoms with Crippen LogP contribution >= 0.6 is 0 Å². The Kier molecular flexibility index (Phi) is 6.94. The molecule has 1 saturated carbocycles. The predicted octanol–water partition coefficient (Wildman–Crippen LogP) is 5.19. The van der Waals surface area contributed by atoms with Gasteiger partial charge in [-0.2, -0.15) is 0 Å². The van der Waals surface area contributed by atoms with E-state index in [0.717, 1.165) is 43.6 Å². The van der Waals surface area contributed by atoms with E-state index in [1.54, 1.807) is 0 Å². The summed E-state index contributed by atoms with van der Waals surface area (Å²) < 4.78 is 0. The van der Waals surface area contributed by atoms with Gasteiger partial charge in [-0.05, 0) is 55.5 Å². The number of amides is 2. The zero-order valence-electron chi connectivity index (χ0n) is 15.3. The SMILES string of the molecule is O=C(Nc1ccc(NCCCc2ccccc2)cc1)NC1CCCCC1. The van der Waals surface area contributed by atoms with Gasteiger partial charge in [-0.15, -0.1) is 0 Å². The molecule has 0 aliphatic heterocycles. The Labute approximate surface area is 156 Å². The van der Waals surface area contributed by atoms with Gasteiger partial charge in [0.15, 0.2) is 0 Å². The fraction of sp³-hybridized carbons (Fsp3) is 0.409. The van der Waals surface area contributed by atoms with Gasteiger partial charge in [0, 0.05) is 24.0 Å². The Morgan fingerprint density at radius 2 is 1.58 bits per heavy atom. The van der Waals surface area contributed by atoms with Crippen LogP contribution in [0.3, 0.4) is 0 Å². The molecule has 0 aromatic heterocycles. The van der Waals surface area contributed by atoms with Crippen molar-refractivity contribution in [2.45, 2.75) is 51.0 Å². The minimum atomic E-state index is -0.0968. The summed E-state index contributed by atoms with van der Waals surface area (Å²) in [5, 5.41) is 9.43. The van der Waals surface area contributed by atoms with Gasteiger partial charge in [-0.3, -0.25) is 0 Å². The number of nitrogens with one attached hydrogen (secondary N) is 3. The highest BCUT2D eigenvalue weighted by Gasteiger charge is 2.15. The lowest BCUT2D eigenvalue weighted by atomic mass is 9.96. The largest absolute Gasteiger partial charge is 0.385 e. The van der Waals surface area contributed by atoms with Crippen molar-refractivity contribution in [2.75, 3.05) is 17.2 Å². The number of carbonyl (C=O) groups excluding carboxylic acids is 1. The maximum Gasteiger partial charge on any atom is 0.319 e. The van der Waals surface area contributed by atoms with Crippen molar-refractivity contribution < 1.29 is 4.79 Å². The van der Waals surface area contributed by atoms with Gasteiger partial charge in [0.2, 0.25) is 0 Å². The predicted molar refractivity (Wildman–Crippen MR) is 109 cm³/mol. The quantitative estimate of drug-likeness (QED) is 0.602. The molecule has 0 radical (unpaired) electrons. The van der Waals surface area contributed by atoms with E-state index >= 15 is 0 Å². The lowest BCUT2D eigenvalue weighted by Crippen LogP contribution is -2.38. The van der Waals surface area contributed by atoms with Crippen molar-refractivity contribution in [1.82, 2.24) is 5.32 Å². The molecule has 26 heavy (non-hydrogen) atoms. The Morgan fingerprint density at radius 3 is 2.31 bits per heavy atom. The van der Waals surface area contributed by atoms with Crippen LogP contribution in [-0.2, 0) is 6.42 Å². The molecule has 3 rings (SSSR count). The molecule has 1 fully saturated rings. The zero-order valence-corrected chi connectivity index (χ0v) is 15.3. The summed E-state index contributed by atoms with van der Waals surface area (Å²) in [6.45, 7) is 0.934. The highest BCUT2D eigenvalue weighted by atomic mass is 16.2. The van der Waals surface area contributed by atoms with Crippen LogP contribution in [0.25, 0.3) is 0 Å². The van der Waals surface area contributed by atoms with Gasteiger partial charge in [0.05, 0.1) is 0 Å². The van der Waals surface area contributed by atoms with Gasteiger partial charge in [0.1, 0.15) is 0 Å². The maximum absolute atomic E-state index is 12.1. The number of hydrogen-bond donors (Lipinski definition) is 3. The van der Waals surface area contributed by atoms with Gasteiger partial charge >= 0.3 is 6.03 Å². The first-order valence-electron chi connectivity index (χ1n) is 9.75. The first-order chi connectivity index (χ1) is 12.8. The van der Waals surface area contributed by atoms with Crippen molar-refractivity contribution in [2.24, 2.45) is 0 Å². The van der Waals surface area contributed by atoms with Crippen molar-refractivity contribution in [1.29, 1.82) is 0 Å². The molecular formula is C22H29N3O. The van der Waals surface area contributed by atoms with Crippen molar-refractivity contribution in [3.63, 3.8) is 0 Å². The molecule has 4 heteroatoms. The number of hydrogen-bond acceptors (Lipinski definition) is 2. The van der Waals surface area contributed by atoms with E-state index in [9.17, 15) is 4.79 Å². The van der Waals surface area contributed by atoms with E-state index < -0.39 is 0 Å². The summed E-state index contributed by atoms with van der Waals surface area (Å²) >= 11 is 0. The molecule has 2 amide bonds. The third-order valence-electron chi connectivity index (χ3n) is 4.90. The molecule has 0 heterocycles. The van der Waals surface area contributed by atoms with E-state index in [0.29, 0.717) is 6.04 Å². The van der Waals surface area contributed by atoms with E-state index in [1.165, 1.54) is 24.8 Å². The standard InChI is InChI=1S/C22H29N3O/c26-22(24-20-11-5-2-6-12-20)25-21-15-13-19(14-16-21)23-17-7-10-18-8-3-1-4-9-18/h1,3-4,8-9,13-16,20,23H,2,5-7,10-12,17H2,(H2,24,25,26). The van der Waals surface area contributed by atoms with Gasteiger partial charge in [-0.1, -0.05) is 49.6 Å². The molecular weight excluding hydrogens is 322 g/mol. The highest BCUT2D eigenvalue weighted by Crippen LogP contribution is 2.18.